The van der Waals surface area contributed by atoms with Crippen LogP contribution in [0.15, 0.2) is 35.0 Å². The number of nitrogens with zero attached hydrogens (tertiary/aromatic N) is 1. The molecule has 92 valence electrons. The molecule has 0 aliphatic carbocycles. The third-order valence-electron chi connectivity index (χ3n) is 2.36. The second kappa shape index (κ2) is 5.03. The molecule has 5 heteroatoms. The molecule has 0 spiro atoms. The van der Waals surface area contributed by atoms with E-state index in [4.69, 9.17) is 5.21 Å². The fraction of sp³-hybridized carbons (Fsp3) is 0.250. The molecule has 0 saturated carbocycles. The van der Waals surface area contributed by atoms with Gasteiger partial charge in [-0.3, -0.25) is 0 Å². The molecule has 0 aliphatic heterocycles. The number of oxime groups is 1. The Labute approximate surface area is 97.1 Å². The van der Waals surface area contributed by atoms with Crippen molar-refractivity contribution in [3.05, 3.63) is 41.0 Å². The van der Waals surface area contributed by atoms with Crippen LogP contribution in [0.2, 0.25) is 0 Å². The van der Waals surface area contributed by atoms with Gasteiger partial charge in [0.05, 0.1) is 11.3 Å². The highest BCUT2D eigenvalue weighted by Crippen LogP contribution is 2.32. The van der Waals surface area contributed by atoms with Crippen LogP contribution in [0.5, 0.6) is 0 Å². The van der Waals surface area contributed by atoms with Gasteiger partial charge in [-0.05, 0) is 37.1 Å². The standard InChI is InChI=1S/C12H12F3NO/c1-8(9(2)16-17)7-10-5-3-4-6-11(10)12(13,14)15/h3-7,17H,1-2H3/b8-7-,16-9+. The van der Waals surface area contributed by atoms with Crippen LogP contribution in [-0.2, 0) is 6.18 Å². The molecule has 0 aromatic heterocycles. The van der Waals surface area contributed by atoms with Gasteiger partial charge in [0.2, 0.25) is 0 Å². The fourth-order valence-electron chi connectivity index (χ4n) is 1.30. The summed E-state index contributed by atoms with van der Waals surface area (Å²) in [5.41, 5.74) is 0.108. The van der Waals surface area contributed by atoms with Crippen molar-refractivity contribution in [3.8, 4) is 0 Å². The van der Waals surface area contributed by atoms with E-state index in [2.05, 4.69) is 5.16 Å². The van der Waals surface area contributed by atoms with Gasteiger partial charge in [-0.25, -0.2) is 0 Å². The highest BCUT2D eigenvalue weighted by molar-refractivity contribution is 6.01. The van der Waals surface area contributed by atoms with Gasteiger partial charge >= 0.3 is 6.18 Å². The molecule has 0 aliphatic rings. The minimum atomic E-state index is -4.39. The first-order valence-corrected chi connectivity index (χ1v) is 4.90. The van der Waals surface area contributed by atoms with Crippen LogP contribution >= 0.6 is 0 Å². The molecule has 1 aromatic carbocycles. The van der Waals surface area contributed by atoms with Crippen molar-refractivity contribution in [2.24, 2.45) is 5.16 Å². The second-order valence-corrected chi connectivity index (χ2v) is 3.60. The Bertz CT molecular complexity index is 461. The molecule has 0 unspecified atom stereocenters. The maximum absolute atomic E-state index is 12.7. The van der Waals surface area contributed by atoms with Crippen LogP contribution in [0, 0.1) is 0 Å². The molecular weight excluding hydrogens is 231 g/mol. The Balaban J connectivity index is 3.25. The number of allylic oxidation sites excluding steroid dienone is 1. The third-order valence-corrected chi connectivity index (χ3v) is 2.36. The zero-order valence-electron chi connectivity index (χ0n) is 9.42. The third kappa shape index (κ3) is 3.34. The molecular formula is C12H12F3NO. The molecule has 1 N–H and O–H groups in total. The highest BCUT2D eigenvalue weighted by atomic mass is 19.4. The van der Waals surface area contributed by atoms with Gasteiger partial charge in [0.25, 0.3) is 0 Å². The maximum atomic E-state index is 12.7. The van der Waals surface area contributed by atoms with Crippen molar-refractivity contribution in [1.29, 1.82) is 0 Å². The molecule has 1 rings (SSSR count). The summed E-state index contributed by atoms with van der Waals surface area (Å²) in [7, 11) is 0. The smallest absolute Gasteiger partial charge is 0.411 e. The van der Waals surface area contributed by atoms with Crippen molar-refractivity contribution >= 4 is 11.8 Å². The van der Waals surface area contributed by atoms with E-state index in [1.54, 1.807) is 6.92 Å². The average Bonchev–Trinajstić information content (AvgIpc) is 2.27. The summed E-state index contributed by atoms with van der Waals surface area (Å²) < 4.78 is 38.0. The predicted octanol–water partition coefficient (Wildman–Crippen LogP) is 3.96. The second-order valence-electron chi connectivity index (χ2n) is 3.60. The van der Waals surface area contributed by atoms with E-state index < -0.39 is 11.7 Å². The van der Waals surface area contributed by atoms with Crippen LogP contribution in [0.25, 0.3) is 6.08 Å². The van der Waals surface area contributed by atoms with Crippen molar-refractivity contribution in [2.75, 3.05) is 0 Å². The number of halogens is 3. The predicted molar refractivity (Wildman–Crippen MR) is 60.0 cm³/mol. The zero-order chi connectivity index (χ0) is 13.1. The molecule has 0 bridgehead atoms. The summed E-state index contributed by atoms with van der Waals surface area (Å²) in [4.78, 5) is 0. The molecule has 0 saturated heterocycles. The van der Waals surface area contributed by atoms with Crippen LogP contribution in [-0.4, -0.2) is 10.9 Å². The topological polar surface area (TPSA) is 32.6 Å². The lowest BCUT2D eigenvalue weighted by molar-refractivity contribution is -0.137. The Morgan fingerprint density at radius 2 is 1.82 bits per heavy atom. The highest BCUT2D eigenvalue weighted by Gasteiger charge is 2.32. The maximum Gasteiger partial charge on any atom is 0.416 e. The first kappa shape index (κ1) is 13.3. The Morgan fingerprint density at radius 1 is 1.24 bits per heavy atom. The van der Waals surface area contributed by atoms with Crippen molar-refractivity contribution in [2.45, 2.75) is 20.0 Å². The summed E-state index contributed by atoms with van der Waals surface area (Å²) in [5, 5.41) is 11.5. The van der Waals surface area contributed by atoms with E-state index in [1.807, 2.05) is 0 Å². The van der Waals surface area contributed by atoms with Crippen molar-refractivity contribution in [1.82, 2.24) is 0 Å². The normalized spacial score (nSPS) is 13.9. The van der Waals surface area contributed by atoms with Gasteiger partial charge in [0, 0.05) is 0 Å². The molecule has 0 heterocycles. The monoisotopic (exact) mass is 243 g/mol. The quantitative estimate of drug-likeness (QED) is 0.476. The molecule has 2 nitrogen and oxygen atoms in total. The SMILES string of the molecule is CC(=C/c1ccccc1C(F)(F)F)/C(C)=N/O. The Morgan fingerprint density at radius 3 is 2.35 bits per heavy atom. The molecule has 0 atom stereocenters. The minimum absolute atomic E-state index is 0.0560. The first-order chi connectivity index (χ1) is 7.86. The summed E-state index contributed by atoms with van der Waals surface area (Å²) >= 11 is 0. The van der Waals surface area contributed by atoms with Gasteiger partial charge < -0.3 is 5.21 Å². The van der Waals surface area contributed by atoms with Crippen LogP contribution in [0.4, 0.5) is 13.2 Å². The first-order valence-electron chi connectivity index (χ1n) is 4.90. The summed E-state index contributed by atoms with van der Waals surface area (Å²) in [5.74, 6) is 0. The van der Waals surface area contributed by atoms with E-state index in [0.717, 1.165) is 6.07 Å². The van der Waals surface area contributed by atoms with Gasteiger partial charge in [-0.15, -0.1) is 0 Å². The van der Waals surface area contributed by atoms with Gasteiger partial charge in [-0.2, -0.15) is 13.2 Å². The average molecular weight is 243 g/mol. The van der Waals surface area contributed by atoms with Gasteiger partial charge in [0.1, 0.15) is 0 Å². The fourth-order valence-corrected chi connectivity index (χ4v) is 1.30. The summed E-state index contributed by atoms with van der Waals surface area (Å²) in [6, 6.07) is 5.25. The summed E-state index contributed by atoms with van der Waals surface area (Å²) in [6.07, 6.45) is -3.05. The zero-order valence-corrected chi connectivity index (χ0v) is 9.42. The number of rotatable bonds is 2. The Hall–Kier alpha value is -1.78. The lowest BCUT2D eigenvalue weighted by Crippen LogP contribution is -2.07. The van der Waals surface area contributed by atoms with Crippen molar-refractivity contribution < 1.29 is 18.4 Å². The lowest BCUT2D eigenvalue weighted by Gasteiger charge is -2.10. The lowest BCUT2D eigenvalue weighted by atomic mass is 10.0. The van der Waals surface area contributed by atoms with Crippen LogP contribution in [0.1, 0.15) is 25.0 Å². The van der Waals surface area contributed by atoms with Crippen LogP contribution in [0.3, 0.4) is 0 Å². The van der Waals surface area contributed by atoms with E-state index >= 15 is 0 Å². The van der Waals surface area contributed by atoms with E-state index in [-0.39, 0.29) is 11.3 Å². The van der Waals surface area contributed by atoms with E-state index in [1.165, 1.54) is 31.2 Å². The minimum Gasteiger partial charge on any atom is -0.411 e. The molecule has 0 fully saturated rings. The number of alkyl halides is 3. The molecule has 17 heavy (non-hydrogen) atoms. The molecule has 1 aromatic rings. The Kier molecular flexibility index (Phi) is 3.93. The molecule has 0 amide bonds. The molecule has 0 radical (unpaired) electrons. The number of hydrogen-bond donors (Lipinski definition) is 1. The largest absolute Gasteiger partial charge is 0.416 e. The van der Waals surface area contributed by atoms with E-state index in [9.17, 15) is 13.2 Å². The van der Waals surface area contributed by atoms with Crippen LogP contribution < -0.4 is 0 Å². The van der Waals surface area contributed by atoms with E-state index in [0.29, 0.717) is 5.57 Å². The van der Waals surface area contributed by atoms with Crippen molar-refractivity contribution in [3.63, 3.8) is 0 Å². The number of benzene rings is 1. The summed E-state index contributed by atoms with van der Waals surface area (Å²) in [6.45, 7) is 3.10. The number of hydrogen-bond acceptors (Lipinski definition) is 2. The van der Waals surface area contributed by atoms with Gasteiger partial charge in [-0.1, -0.05) is 23.4 Å². The van der Waals surface area contributed by atoms with Gasteiger partial charge in [0.15, 0.2) is 0 Å².